The van der Waals surface area contributed by atoms with Crippen molar-refractivity contribution in [2.75, 3.05) is 13.1 Å². The number of benzene rings is 2. The van der Waals surface area contributed by atoms with Crippen molar-refractivity contribution in [1.29, 1.82) is 0 Å². The van der Waals surface area contributed by atoms with Crippen molar-refractivity contribution in [3.63, 3.8) is 0 Å². The number of rotatable bonds is 6. The van der Waals surface area contributed by atoms with E-state index in [2.05, 4.69) is 15.6 Å². The van der Waals surface area contributed by atoms with Gasteiger partial charge in [0.2, 0.25) is 17.7 Å². The van der Waals surface area contributed by atoms with E-state index >= 15 is 0 Å². The highest BCUT2D eigenvalue weighted by molar-refractivity contribution is 5.93. The van der Waals surface area contributed by atoms with E-state index in [1.807, 2.05) is 79.5 Å². The summed E-state index contributed by atoms with van der Waals surface area (Å²) in [6.45, 7) is 5.50. The Morgan fingerprint density at radius 1 is 0.881 bits per heavy atom. The second-order valence-corrected chi connectivity index (χ2v) is 11.9. The first-order valence-corrected chi connectivity index (χ1v) is 15.0. The average molecular weight is 571 g/mol. The molecule has 42 heavy (non-hydrogen) atoms. The molecule has 4 heterocycles. The van der Waals surface area contributed by atoms with Crippen LogP contribution in [0.4, 0.5) is 0 Å². The van der Waals surface area contributed by atoms with Crippen molar-refractivity contribution < 1.29 is 19.1 Å². The summed E-state index contributed by atoms with van der Waals surface area (Å²) < 4.78 is 7.57. The second-order valence-electron chi connectivity index (χ2n) is 11.9. The van der Waals surface area contributed by atoms with Crippen LogP contribution in [0, 0.1) is 5.92 Å². The highest BCUT2D eigenvalue weighted by Gasteiger charge is 2.43. The third-order valence-corrected chi connectivity index (χ3v) is 8.64. The molecule has 1 aromatic heterocycles. The maximum Gasteiger partial charge on any atom is 0.248 e. The Morgan fingerprint density at radius 2 is 1.57 bits per heavy atom. The van der Waals surface area contributed by atoms with E-state index in [1.165, 1.54) is 0 Å². The van der Waals surface area contributed by atoms with Gasteiger partial charge < -0.3 is 19.9 Å². The van der Waals surface area contributed by atoms with E-state index in [4.69, 9.17) is 4.74 Å². The van der Waals surface area contributed by atoms with Crippen LogP contribution in [0.25, 0.3) is 0 Å². The highest BCUT2D eigenvalue weighted by atomic mass is 16.5. The van der Waals surface area contributed by atoms with Gasteiger partial charge in [-0.25, -0.2) is 4.68 Å². The molecule has 3 aromatic rings. The molecule has 2 saturated heterocycles. The summed E-state index contributed by atoms with van der Waals surface area (Å²) in [4.78, 5) is 45.2. The van der Waals surface area contributed by atoms with E-state index in [0.717, 1.165) is 36.1 Å². The van der Waals surface area contributed by atoms with Crippen LogP contribution in [0.3, 0.4) is 0 Å². The van der Waals surface area contributed by atoms with Crippen molar-refractivity contribution in [3.8, 4) is 5.75 Å². The van der Waals surface area contributed by atoms with Gasteiger partial charge in [0.05, 0.1) is 12.2 Å². The maximum absolute atomic E-state index is 14.1. The van der Waals surface area contributed by atoms with Crippen LogP contribution in [0.5, 0.6) is 5.75 Å². The lowest BCUT2D eigenvalue weighted by Gasteiger charge is -2.31. The quantitative estimate of drug-likeness (QED) is 0.486. The number of fused-ring (bicyclic) bond motifs is 5. The normalized spacial score (nSPS) is 24.5. The number of nitrogens with one attached hydrogen (secondary N) is 1. The first-order valence-electron chi connectivity index (χ1n) is 15.0. The van der Waals surface area contributed by atoms with Gasteiger partial charge in [-0.3, -0.25) is 14.4 Å². The smallest absolute Gasteiger partial charge is 0.248 e. The van der Waals surface area contributed by atoms with Gasteiger partial charge >= 0.3 is 0 Å². The monoisotopic (exact) mass is 570 g/mol. The maximum atomic E-state index is 14.1. The van der Waals surface area contributed by atoms with E-state index < -0.39 is 18.1 Å². The topological polar surface area (TPSA) is 110 Å². The Kier molecular flexibility index (Phi) is 7.95. The molecule has 10 heteroatoms. The molecule has 2 aromatic carbocycles. The van der Waals surface area contributed by atoms with E-state index in [9.17, 15) is 14.4 Å². The largest absolute Gasteiger partial charge is 0.489 e. The first-order chi connectivity index (χ1) is 20.4. The molecule has 0 saturated carbocycles. The predicted octanol–water partition coefficient (Wildman–Crippen LogP) is 3.45. The number of ether oxygens (including phenoxy) is 1. The van der Waals surface area contributed by atoms with Crippen LogP contribution in [-0.2, 0) is 27.4 Å². The average Bonchev–Trinajstić information content (AvgIpc) is 3.77. The van der Waals surface area contributed by atoms with Gasteiger partial charge in [0.15, 0.2) is 0 Å². The third kappa shape index (κ3) is 5.62. The molecular weight excluding hydrogens is 532 g/mol. The molecule has 10 nitrogen and oxygen atoms in total. The Balaban J connectivity index is 1.27. The van der Waals surface area contributed by atoms with Crippen molar-refractivity contribution in [2.24, 2.45) is 5.92 Å². The molecule has 3 aliphatic heterocycles. The van der Waals surface area contributed by atoms with Gasteiger partial charge in [-0.15, -0.1) is 5.10 Å². The van der Waals surface area contributed by atoms with Crippen molar-refractivity contribution in [2.45, 2.75) is 76.7 Å². The molecule has 0 radical (unpaired) electrons. The molecule has 4 atom stereocenters. The van der Waals surface area contributed by atoms with Gasteiger partial charge in [-0.2, -0.15) is 0 Å². The van der Waals surface area contributed by atoms with Gasteiger partial charge in [0, 0.05) is 19.5 Å². The molecule has 1 N–H and O–H groups in total. The first kappa shape index (κ1) is 27.9. The van der Waals surface area contributed by atoms with Crippen LogP contribution in [0.1, 0.15) is 68.4 Å². The summed E-state index contributed by atoms with van der Waals surface area (Å²) in [5, 5.41) is 11.9. The third-order valence-electron chi connectivity index (χ3n) is 8.64. The van der Waals surface area contributed by atoms with Gasteiger partial charge in [-0.05, 0) is 54.9 Å². The fourth-order valence-electron chi connectivity index (χ4n) is 6.46. The van der Waals surface area contributed by atoms with Gasteiger partial charge in [0.1, 0.15) is 36.2 Å². The minimum absolute atomic E-state index is 0.0461. The van der Waals surface area contributed by atoms with Crippen LogP contribution in [0.2, 0.25) is 0 Å². The van der Waals surface area contributed by atoms with E-state index in [1.54, 1.807) is 9.58 Å². The minimum Gasteiger partial charge on any atom is -0.489 e. The standard InChI is InChI=1S/C32H38N6O4/c1-21(2)29-32(41)37-17-7-11-28(37)30(39)33-25(31(40)36-16-6-10-27(36)26-19-38(29)35-34-26)18-22-12-14-24(15-13-22)42-20-23-8-4-3-5-9-23/h3-5,8-9,12-15,19,21,25,27-29H,6-7,10-11,16-18,20H2,1-2H3,(H,33,39)/t25-,27-,28-,29-/m0/s1. The lowest BCUT2D eigenvalue weighted by atomic mass is 10.0. The van der Waals surface area contributed by atoms with Gasteiger partial charge in [0.25, 0.3) is 0 Å². The number of nitrogens with zero attached hydrogens (tertiary/aromatic N) is 5. The Bertz CT molecular complexity index is 1420. The Hall–Kier alpha value is -4.21. The van der Waals surface area contributed by atoms with Crippen molar-refractivity contribution >= 4 is 17.7 Å². The lowest BCUT2D eigenvalue weighted by Crippen LogP contribution is -2.55. The molecule has 2 fully saturated rings. The predicted molar refractivity (Wildman–Crippen MR) is 155 cm³/mol. The van der Waals surface area contributed by atoms with Crippen LogP contribution in [0.15, 0.2) is 60.8 Å². The molecule has 3 amide bonds. The summed E-state index contributed by atoms with van der Waals surface area (Å²) in [5.41, 5.74) is 2.67. The van der Waals surface area contributed by atoms with E-state index in [0.29, 0.717) is 38.2 Å². The zero-order valence-electron chi connectivity index (χ0n) is 24.2. The summed E-state index contributed by atoms with van der Waals surface area (Å²) in [6, 6.07) is 15.4. The molecule has 0 unspecified atom stereocenters. The summed E-state index contributed by atoms with van der Waals surface area (Å²) in [5.74, 6) is 0.138. The molecular formula is C32H38N6O4. The fourth-order valence-corrected chi connectivity index (χ4v) is 6.46. The Labute approximate surface area is 246 Å². The molecule has 0 aliphatic carbocycles. The van der Waals surface area contributed by atoms with Crippen LogP contribution < -0.4 is 10.1 Å². The van der Waals surface area contributed by atoms with Crippen molar-refractivity contribution in [1.82, 2.24) is 30.1 Å². The molecule has 3 aliphatic rings. The number of aromatic nitrogens is 3. The lowest BCUT2D eigenvalue weighted by molar-refractivity contribution is -0.143. The molecule has 0 spiro atoms. The fraction of sp³-hybridized carbons (Fsp3) is 0.469. The molecule has 2 bridgehead atoms. The molecule has 220 valence electrons. The summed E-state index contributed by atoms with van der Waals surface area (Å²) >= 11 is 0. The van der Waals surface area contributed by atoms with Crippen LogP contribution >= 0.6 is 0 Å². The zero-order chi connectivity index (χ0) is 29.2. The number of hydrogen-bond acceptors (Lipinski definition) is 6. The van der Waals surface area contributed by atoms with Crippen LogP contribution in [-0.4, -0.2) is 67.7 Å². The second kappa shape index (κ2) is 12.0. The summed E-state index contributed by atoms with van der Waals surface area (Å²) in [6.07, 6.45) is 5.03. The number of carbonyl (C=O) groups excluding carboxylic acids is 3. The minimum atomic E-state index is -0.775. The highest BCUT2D eigenvalue weighted by Crippen LogP contribution is 2.34. The number of hydrogen-bond donors (Lipinski definition) is 1. The van der Waals surface area contributed by atoms with E-state index in [-0.39, 0.29) is 29.7 Å². The SMILES string of the molecule is CC(C)[C@H]1C(=O)N2CCC[C@H]2C(=O)N[C@@H](Cc2ccc(OCc3ccccc3)cc2)C(=O)N2CCC[C@H]2c2cn1nn2. The molecule has 6 rings (SSSR count). The number of amides is 3. The number of carbonyl (C=O) groups is 3. The van der Waals surface area contributed by atoms with Gasteiger partial charge in [-0.1, -0.05) is 61.5 Å². The zero-order valence-corrected chi connectivity index (χ0v) is 24.2. The summed E-state index contributed by atoms with van der Waals surface area (Å²) in [7, 11) is 0. The Morgan fingerprint density at radius 3 is 2.29 bits per heavy atom. The van der Waals surface area contributed by atoms with Crippen molar-refractivity contribution in [3.05, 3.63) is 77.6 Å².